The Labute approximate surface area is 105 Å². The molecule has 0 aliphatic heterocycles. The summed E-state index contributed by atoms with van der Waals surface area (Å²) in [5.41, 5.74) is 0. The van der Waals surface area contributed by atoms with Gasteiger partial charge in [-0.25, -0.2) is 0 Å². The lowest BCUT2D eigenvalue weighted by atomic mass is 10.3. The zero-order valence-electron chi connectivity index (χ0n) is 11.6. The molecule has 0 aliphatic rings. The SMILES string of the molecule is COCCN(CCOC)CC(O)CNC(C)C. The minimum atomic E-state index is -0.355. The van der Waals surface area contributed by atoms with E-state index < -0.39 is 0 Å². The molecule has 0 bridgehead atoms. The Morgan fingerprint density at radius 2 is 1.65 bits per heavy atom. The molecular formula is C12H28N2O3. The Balaban J connectivity index is 3.84. The summed E-state index contributed by atoms with van der Waals surface area (Å²) in [7, 11) is 3.37. The van der Waals surface area contributed by atoms with Crippen molar-refractivity contribution < 1.29 is 14.6 Å². The number of rotatable bonds is 11. The van der Waals surface area contributed by atoms with Gasteiger partial charge in [0.15, 0.2) is 0 Å². The maximum absolute atomic E-state index is 9.88. The quantitative estimate of drug-likeness (QED) is 0.536. The Morgan fingerprint density at radius 3 is 2.06 bits per heavy atom. The molecule has 17 heavy (non-hydrogen) atoms. The Morgan fingerprint density at radius 1 is 1.12 bits per heavy atom. The highest BCUT2D eigenvalue weighted by molar-refractivity contribution is 4.68. The van der Waals surface area contributed by atoms with Gasteiger partial charge in [0.2, 0.25) is 0 Å². The minimum absolute atomic E-state index is 0.355. The second kappa shape index (κ2) is 10.9. The van der Waals surface area contributed by atoms with Gasteiger partial charge in [0.05, 0.1) is 19.3 Å². The number of nitrogens with zero attached hydrogens (tertiary/aromatic N) is 1. The van der Waals surface area contributed by atoms with Crippen LogP contribution >= 0.6 is 0 Å². The summed E-state index contributed by atoms with van der Waals surface area (Å²) in [5.74, 6) is 0. The van der Waals surface area contributed by atoms with Gasteiger partial charge < -0.3 is 19.9 Å². The van der Waals surface area contributed by atoms with Crippen LogP contribution in [-0.4, -0.2) is 75.8 Å². The maximum atomic E-state index is 9.88. The zero-order chi connectivity index (χ0) is 13.1. The van der Waals surface area contributed by atoms with Crippen LogP contribution < -0.4 is 5.32 Å². The average Bonchev–Trinajstić information content (AvgIpc) is 2.30. The van der Waals surface area contributed by atoms with Crippen LogP contribution in [0, 0.1) is 0 Å². The molecule has 2 N–H and O–H groups in total. The minimum Gasteiger partial charge on any atom is -0.390 e. The molecule has 0 amide bonds. The molecule has 5 nitrogen and oxygen atoms in total. The zero-order valence-corrected chi connectivity index (χ0v) is 11.6. The number of methoxy groups -OCH3 is 2. The standard InChI is InChI=1S/C12H28N2O3/c1-11(2)13-9-12(15)10-14(5-7-16-3)6-8-17-4/h11-13,15H,5-10H2,1-4H3. The van der Waals surface area contributed by atoms with E-state index in [4.69, 9.17) is 9.47 Å². The second-order valence-electron chi connectivity index (χ2n) is 4.50. The lowest BCUT2D eigenvalue weighted by Gasteiger charge is -2.25. The van der Waals surface area contributed by atoms with Crippen LogP contribution in [0.3, 0.4) is 0 Å². The fraction of sp³-hybridized carbons (Fsp3) is 1.00. The smallest absolute Gasteiger partial charge is 0.0791 e. The summed E-state index contributed by atoms with van der Waals surface area (Å²) in [6.07, 6.45) is -0.355. The van der Waals surface area contributed by atoms with E-state index in [9.17, 15) is 5.11 Å². The van der Waals surface area contributed by atoms with Crippen molar-refractivity contribution in [2.45, 2.75) is 26.0 Å². The molecule has 104 valence electrons. The normalized spacial score (nSPS) is 13.6. The summed E-state index contributed by atoms with van der Waals surface area (Å²) in [6, 6.07) is 0.399. The highest BCUT2D eigenvalue weighted by atomic mass is 16.5. The number of hydrogen-bond acceptors (Lipinski definition) is 5. The summed E-state index contributed by atoms with van der Waals surface area (Å²) in [4.78, 5) is 2.15. The molecule has 0 heterocycles. The molecule has 0 fully saturated rings. The van der Waals surface area contributed by atoms with Crippen LogP contribution in [0.25, 0.3) is 0 Å². The van der Waals surface area contributed by atoms with Gasteiger partial charge in [0.25, 0.3) is 0 Å². The molecule has 0 aromatic heterocycles. The summed E-state index contributed by atoms with van der Waals surface area (Å²) < 4.78 is 10.1. The van der Waals surface area contributed by atoms with Crippen molar-refractivity contribution in [2.24, 2.45) is 0 Å². The van der Waals surface area contributed by atoms with Crippen LogP contribution in [0.4, 0.5) is 0 Å². The third kappa shape index (κ3) is 10.7. The largest absolute Gasteiger partial charge is 0.390 e. The highest BCUT2D eigenvalue weighted by Gasteiger charge is 2.11. The topological polar surface area (TPSA) is 54.0 Å². The fourth-order valence-electron chi connectivity index (χ4n) is 1.47. The van der Waals surface area contributed by atoms with Gasteiger partial charge in [-0.2, -0.15) is 0 Å². The third-order valence-corrected chi connectivity index (χ3v) is 2.45. The number of nitrogens with one attached hydrogen (secondary N) is 1. The van der Waals surface area contributed by atoms with Crippen LogP contribution in [0.1, 0.15) is 13.8 Å². The Hall–Kier alpha value is -0.200. The Bertz CT molecular complexity index is 160. The maximum Gasteiger partial charge on any atom is 0.0791 e. The first-order valence-corrected chi connectivity index (χ1v) is 6.21. The van der Waals surface area contributed by atoms with Crippen molar-refractivity contribution in [1.29, 1.82) is 0 Å². The first kappa shape index (κ1) is 16.8. The third-order valence-electron chi connectivity index (χ3n) is 2.45. The van der Waals surface area contributed by atoms with Crippen LogP contribution in [0.5, 0.6) is 0 Å². The van der Waals surface area contributed by atoms with Gasteiger partial charge in [-0.3, -0.25) is 4.90 Å². The summed E-state index contributed by atoms with van der Waals surface area (Å²) >= 11 is 0. The van der Waals surface area contributed by atoms with Gasteiger partial charge in [-0.1, -0.05) is 13.8 Å². The molecular weight excluding hydrogens is 220 g/mol. The number of aliphatic hydroxyl groups excluding tert-OH is 1. The predicted octanol–water partition coefficient (Wildman–Crippen LogP) is -0.0599. The molecule has 0 saturated heterocycles. The lowest BCUT2D eigenvalue weighted by Crippen LogP contribution is -2.42. The van der Waals surface area contributed by atoms with E-state index in [1.54, 1.807) is 14.2 Å². The van der Waals surface area contributed by atoms with E-state index in [1.165, 1.54) is 0 Å². The van der Waals surface area contributed by atoms with Crippen LogP contribution in [0.2, 0.25) is 0 Å². The van der Waals surface area contributed by atoms with E-state index in [0.717, 1.165) is 13.1 Å². The van der Waals surface area contributed by atoms with Crippen molar-refractivity contribution in [1.82, 2.24) is 10.2 Å². The van der Waals surface area contributed by atoms with E-state index in [-0.39, 0.29) is 6.10 Å². The Kier molecular flexibility index (Phi) is 10.8. The van der Waals surface area contributed by atoms with E-state index >= 15 is 0 Å². The summed E-state index contributed by atoms with van der Waals surface area (Å²) in [6.45, 7) is 8.39. The highest BCUT2D eigenvalue weighted by Crippen LogP contribution is 1.94. The van der Waals surface area contributed by atoms with Crippen molar-refractivity contribution >= 4 is 0 Å². The molecule has 1 atom stereocenters. The second-order valence-corrected chi connectivity index (χ2v) is 4.50. The molecule has 0 aliphatic carbocycles. The number of aliphatic hydroxyl groups is 1. The van der Waals surface area contributed by atoms with E-state index in [2.05, 4.69) is 24.1 Å². The fourth-order valence-corrected chi connectivity index (χ4v) is 1.47. The first-order valence-electron chi connectivity index (χ1n) is 6.21. The molecule has 0 spiro atoms. The average molecular weight is 248 g/mol. The van der Waals surface area contributed by atoms with Gasteiger partial charge in [-0.15, -0.1) is 0 Å². The van der Waals surface area contributed by atoms with Gasteiger partial charge in [0, 0.05) is 46.4 Å². The van der Waals surface area contributed by atoms with Gasteiger partial charge in [-0.05, 0) is 0 Å². The summed E-state index contributed by atoms with van der Waals surface area (Å²) in [5, 5.41) is 13.1. The van der Waals surface area contributed by atoms with Crippen molar-refractivity contribution in [3.8, 4) is 0 Å². The van der Waals surface area contributed by atoms with Gasteiger partial charge in [0.1, 0.15) is 0 Å². The van der Waals surface area contributed by atoms with Crippen molar-refractivity contribution in [3.63, 3.8) is 0 Å². The monoisotopic (exact) mass is 248 g/mol. The first-order chi connectivity index (χ1) is 8.10. The molecule has 0 saturated carbocycles. The molecule has 0 aromatic rings. The van der Waals surface area contributed by atoms with Crippen molar-refractivity contribution in [3.05, 3.63) is 0 Å². The molecule has 5 heteroatoms. The number of hydrogen-bond donors (Lipinski definition) is 2. The van der Waals surface area contributed by atoms with E-state index in [1.807, 2.05) is 0 Å². The molecule has 0 radical (unpaired) electrons. The van der Waals surface area contributed by atoms with Crippen LogP contribution in [-0.2, 0) is 9.47 Å². The van der Waals surface area contributed by atoms with Crippen molar-refractivity contribution in [2.75, 3.05) is 53.6 Å². The molecule has 0 rings (SSSR count). The molecule has 0 aromatic carbocycles. The molecule has 1 unspecified atom stereocenters. The predicted molar refractivity (Wildman–Crippen MR) is 69.3 cm³/mol. The van der Waals surface area contributed by atoms with Crippen LogP contribution in [0.15, 0.2) is 0 Å². The van der Waals surface area contributed by atoms with Gasteiger partial charge >= 0.3 is 0 Å². The van der Waals surface area contributed by atoms with E-state index in [0.29, 0.717) is 32.3 Å². The lowest BCUT2D eigenvalue weighted by molar-refractivity contribution is 0.0689. The number of ether oxygens (including phenoxy) is 2.